The average Bonchev–Trinajstić information content (AvgIpc) is 2.68. The van der Waals surface area contributed by atoms with E-state index in [-0.39, 0.29) is 11.6 Å². The van der Waals surface area contributed by atoms with Crippen molar-refractivity contribution in [3.63, 3.8) is 0 Å². The van der Waals surface area contributed by atoms with Crippen molar-refractivity contribution in [2.24, 2.45) is 0 Å². The molecule has 0 heterocycles. The van der Waals surface area contributed by atoms with Crippen LogP contribution >= 0.6 is 0 Å². The van der Waals surface area contributed by atoms with Crippen molar-refractivity contribution in [2.45, 2.75) is 26.4 Å². The molecule has 0 aromatic heterocycles. The number of benzene rings is 4. The summed E-state index contributed by atoms with van der Waals surface area (Å²) in [4.78, 5) is 0. The fourth-order valence-electron chi connectivity index (χ4n) is 3.62. The molecule has 4 aromatic carbocycles. The summed E-state index contributed by atoms with van der Waals surface area (Å²) in [6.07, 6.45) is 2.10. The molecule has 0 saturated carbocycles. The number of alkyl halides is 2. The van der Waals surface area contributed by atoms with Crippen LogP contribution in [0, 0.1) is 5.82 Å². The Kier molecular flexibility index (Phi) is 4.95. The van der Waals surface area contributed by atoms with Crippen LogP contribution in [0.15, 0.2) is 66.7 Å². The van der Waals surface area contributed by atoms with E-state index in [1.54, 1.807) is 24.3 Å². The molecule has 0 unspecified atom stereocenters. The van der Waals surface area contributed by atoms with E-state index in [2.05, 4.69) is 35.9 Å². The maximum absolute atomic E-state index is 14.9. The second kappa shape index (κ2) is 7.55. The molecule has 0 N–H and O–H groups in total. The van der Waals surface area contributed by atoms with E-state index >= 15 is 0 Å². The predicted molar refractivity (Wildman–Crippen MR) is 107 cm³/mol. The third-order valence-electron chi connectivity index (χ3n) is 4.92. The minimum Gasteiger partial charge on any atom is -0.435 e. The number of halogens is 3. The molecule has 0 aliphatic heterocycles. The molecule has 0 aliphatic rings. The molecule has 4 rings (SSSR count). The topological polar surface area (TPSA) is 9.23 Å². The molecule has 0 bridgehead atoms. The van der Waals surface area contributed by atoms with Crippen LogP contribution in [0.4, 0.5) is 13.2 Å². The Hall–Kier alpha value is -3.01. The van der Waals surface area contributed by atoms with Crippen LogP contribution in [0.1, 0.15) is 18.9 Å². The van der Waals surface area contributed by atoms with Gasteiger partial charge in [0.2, 0.25) is 0 Å². The van der Waals surface area contributed by atoms with Crippen LogP contribution < -0.4 is 4.74 Å². The lowest BCUT2D eigenvalue weighted by Crippen LogP contribution is -2.01. The summed E-state index contributed by atoms with van der Waals surface area (Å²) in [7, 11) is 0. The zero-order chi connectivity index (χ0) is 19.7. The van der Waals surface area contributed by atoms with Gasteiger partial charge in [-0.15, -0.1) is 0 Å². The summed E-state index contributed by atoms with van der Waals surface area (Å²) in [5.74, 6) is -0.297. The smallest absolute Gasteiger partial charge is 0.387 e. The van der Waals surface area contributed by atoms with Crippen molar-refractivity contribution in [2.75, 3.05) is 0 Å². The first-order chi connectivity index (χ1) is 13.5. The summed E-state index contributed by atoms with van der Waals surface area (Å²) in [6.45, 7) is -0.734. The van der Waals surface area contributed by atoms with Gasteiger partial charge < -0.3 is 4.74 Å². The third kappa shape index (κ3) is 3.55. The van der Waals surface area contributed by atoms with Crippen LogP contribution in [0.5, 0.6) is 5.75 Å². The van der Waals surface area contributed by atoms with Crippen LogP contribution in [0.3, 0.4) is 0 Å². The molecule has 4 heteroatoms. The van der Waals surface area contributed by atoms with Crippen molar-refractivity contribution < 1.29 is 17.9 Å². The van der Waals surface area contributed by atoms with E-state index < -0.39 is 6.61 Å². The maximum Gasteiger partial charge on any atom is 0.387 e. The van der Waals surface area contributed by atoms with Gasteiger partial charge in [-0.3, -0.25) is 0 Å². The normalized spacial score (nSPS) is 11.5. The molecular weight excluding hydrogens is 361 g/mol. The fraction of sp³-hybridized carbons (Fsp3) is 0.167. The Labute approximate surface area is 161 Å². The number of rotatable bonds is 5. The highest BCUT2D eigenvalue weighted by Crippen LogP contribution is 2.33. The highest BCUT2D eigenvalue weighted by atomic mass is 19.3. The summed E-state index contributed by atoms with van der Waals surface area (Å²) >= 11 is 0. The largest absolute Gasteiger partial charge is 0.435 e. The lowest BCUT2D eigenvalue weighted by molar-refractivity contribution is -0.0498. The van der Waals surface area contributed by atoms with Gasteiger partial charge in [-0.05, 0) is 63.4 Å². The minimum absolute atomic E-state index is 0.0498. The SMILES string of the molecule is CCCc1ccc2c(ccc3cc(-c4ccc(OC(F)F)cc4)c(F)cc32)c1. The van der Waals surface area contributed by atoms with Gasteiger partial charge in [0.1, 0.15) is 11.6 Å². The molecule has 142 valence electrons. The summed E-state index contributed by atoms with van der Waals surface area (Å²) in [5, 5.41) is 3.90. The summed E-state index contributed by atoms with van der Waals surface area (Å²) < 4.78 is 43.8. The van der Waals surface area contributed by atoms with Crippen LogP contribution in [0.25, 0.3) is 32.7 Å². The molecule has 0 atom stereocenters. The van der Waals surface area contributed by atoms with Crippen LogP contribution in [-0.4, -0.2) is 6.61 Å². The molecule has 0 spiro atoms. The van der Waals surface area contributed by atoms with Gasteiger partial charge in [-0.2, -0.15) is 8.78 Å². The van der Waals surface area contributed by atoms with Crippen molar-refractivity contribution in [3.05, 3.63) is 78.1 Å². The molecule has 0 radical (unpaired) electrons. The monoisotopic (exact) mass is 380 g/mol. The second-order valence-corrected chi connectivity index (χ2v) is 6.83. The van der Waals surface area contributed by atoms with Gasteiger partial charge in [0, 0.05) is 5.56 Å². The van der Waals surface area contributed by atoms with E-state index in [0.717, 1.165) is 34.4 Å². The first-order valence-electron chi connectivity index (χ1n) is 9.25. The fourth-order valence-corrected chi connectivity index (χ4v) is 3.62. The maximum atomic E-state index is 14.9. The van der Waals surface area contributed by atoms with Gasteiger partial charge in [-0.25, -0.2) is 4.39 Å². The quantitative estimate of drug-likeness (QED) is 0.329. The Morgan fingerprint density at radius 2 is 1.54 bits per heavy atom. The molecule has 0 amide bonds. The number of aryl methyl sites for hydroxylation is 1. The van der Waals surface area contributed by atoms with Crippen LogP contribution in [0.2, 0.25) is 0 Å². The van der Waals surface area contributed by atoms with Crippen molar-refractivity contribution in [1.82, 2.24) is 0 Å². The number of ether oxygens (including phenoxy) is 1. The van der Waals surface area contributed by atoms with Crippen molar-refractivity contribution in [1.29, 1.82) is 0 Å². The van der Waals surface area contributed by atoms with Gasteiger partial charge >= 0.3 is 6.61 Å². The molecule has 0 saturated heterocycles. The second-order valence-electron chi connectivity index (χ2n) is 6.83. The average molecular weight is 380 g/mol. The number of hydrogen-bond acceptors (Lipinski definition) is 1. The molecular formula is C24H19F3O. The van der Waals surface area contributed by atoms with E-state index in [1.807, 2.05) is 6.07 Å². The number of fused-ring (bicyclic) bond motifs is 3. The van der Waals surface area contributed by atoms with Crippen molar-refractivity contribution in [3.8, 4) is 16.9 Å². The van der Waals surface area contributed by atoms with E-state index in [9.17, 15) is 13.2 Å². The number of hydrogen-bond donors (Lipinski definition) is 0. The highest BCUT2D eigenvalue weighted by molar-refractivity contribution is 6.08. The summed E-state index contributed by atoms with van der Waals surface area (Å²) in [5.41, 5.74) is 2.31. The van der Waals surface area contributed by atoms with Gasteiger partial charge in [0.15, 0.2) is 0 Å². The highest BCUT2D eigenvalue weighted by Gasteiger charge is 2.11. The van der Waals surface area contributed by atoms with E-state index in [0.29, 0.717) is 11.1 Å². The third-order valence-corrected chi connectivity index (χ3v) is 4.92. The molecule has 4 aromatic rings. The first-order valence-corrected chi connectivity index (χ1v) is 9.25. The lowest BCUT2D eigenvalue weighted by atomic mass is 9.95. The standard InChI is InChI=1S/C24H19F3O/c1-2-3-15-4-11-20-17(12-15)5-6-18-13-22(23(25)14-21(18)20)16-7-9-19(10-8-16)28-24(26)27/h4-14,24H,2-3H2,1H3. The zero-order valence-electron chi connectivity index (χ0n) is 15.4. The van der Waals surface area contributed by atoms with E-state index in [4.69, 9.17) is 0 Å². The Morgan fingerprint density at radius 3 is 2.21 bits per heavy atom. The summed E-state index contributed by atoms with van der Waals surface area (Å²) in [6, 6.07) is 19.7. The Morgan fingerprint density at radius 1 is 0.821 bits per heavy atom. The Balaban J connectivity index is 1.78. The van der Waals surface area contributed by atoms with Gasteiger partial charge in [0.25, 0.3) is 0 Å². The molecule has 28 heavy (non-hydrogen) atoms. The van der Waals surface area contributed by atoms with E-state index in [1.165, 1.54) is 17.7 Å². The first kappa shape index (κ1) is 18.4. The lowest BCUT2D eigenvalue weighted by Gasteiger charge is -2.11. The molecule has 0 aliphatic carbocycles. The molecule has 0 fully saturated rings. The van der Waals surface area contributed by atoms with Gasteiger partial charge in [0.05, 0.1) is 0 Å². The predicted octanol–water partition coefficient (Wildman–Crippen LogP) is 7.35. The zero-order valence-corrected chi connectivity index (χ0v) is 15.4. The minimum atomic E-state index is -2.88. The molecule has 1 nitrogen and oxygen atoms in total. The van der Waals surface area contributed by atoms with Crippen molar-refractivity contribution >= 4 is 21.5 Å². The Bertz CT molecular complexity index is 1130. The van der Waals surface area contributed by atoms with Crippen LogP contribution in [-0.2, 0) is 6.42 Å². The van der Waals surface area contributed by atoms with Gasteiger partial charge in [-0.1, -0.05) is 55.8 Å².